The van der Waals surface area contributed by atoms with Crippen LogP contribution in [0.4, 0.5) is 5.95 Å². The maximum absolute atomic E-state index is 12.6. The number of anilines is 1. The molecule has 0 saturated carbocycles. The number of rotatable bonds is 4. The first kappa shape index (κ1) is 16.7. The summed E-state index contributed by atoms with van der Waals surface area (Å²) < 4.78 is 6.64. The first-order chi connectivity index (χ1) is 11.6. The van der Waals surface area contributed by atoms with Gasteiger partial charge < -0.3 is 14.5 Å². The van der Waals surface area contributed by atoms with Crippen LogP contribution in [-0.4, -0.2) is 53.1 Å². The van der Waals surface area contributed by atoms with Gasteiger partial charge in [-0.05, 0) is 41.1 Å². The van der Waals surface area contributed by atoms with Gasteiger partial charge in [0.25, 0.3) is 5.91 Å². The maximum Gasteiger partial charge on any atom is 0.263 e. The van der Waals surface area contributed by atoms with Crippen LogP contribution in [0.3, 0.4) is 0 Å². The number of amides is 1. The van der Waals surface area contributed by atoms with Gasteiger partial charge in [0.05, 0.1) is 4.47 Å². The summed E-state index contributed by atoms with van der Waals surface area (Å²) in [7, 11) is 0. The van der Waals surface area contributed by atoms with E-state index in [9.17, 15) is 4.79 Å². The largest absolute Gasteiger partial charge is 0.480 e. The van der Waals surface area contributed by atoms with Crippen molar-refractivity contribution in [3.8, 4) is 5.75 Å². The van der Waals surface area contributed by atoms with Crippen molar-refractivity contribution in [1.82, 2.24) is 14.9 Å². The van der Waals surface area contributed by atoms with Gasteiger partial charge in [-0.15, -0.1) is 0 Å². The number of piperazine rings is 1. The lowest BCUT2D eigenvalue weighted by atomic mass is 10.2. The van der Waals surface area contributed by atoms with Crippen molar-refractivity contribution in [2.45, 2.75) is 13.0 Å². The molecule has 2 aromatic rings. The highest BCUT2D eigenvalue weighted by atomic mass is 79.9. The minimum absolute atomic E-state index is 0.000571. The van der Waals surface area contributed by atoms with E-state index in [2.05, 4.69) is 30.8 Å². The predicted molar refractivity (Wildman–Crippen MR) is 95.1 cm³/mol. The summed E-state index contributed by atoms with van der Waals surface area (Å²) in [6.07, 6.45) is 2.93. The monoisotopic (exact) mass is 390 g/mol. The normalized spacial score (nSPS) is 15.9. The van der Waals surface area contributed by atoms with Gasteiger partial charge in [0.15, 0.2) is 6.10 Å². The van der Waals surface area contributed by atoms with Crippen LogP contribution in [0.25, 0.3) is 0 Å². The summed E-state index contributed by atoms with van der Waals surface area (Å²) in [5.41, 5.74) is 0. The van der Waals surface area contributed by atoms with Crippen LogP contribution in [0, 0.1) is 0 Å². The van der Waals surface area contributed by atoms with E-state index in [1.807, 2.05) is 29.2 Å². The fraction of sp³-hybridized carbons (Fsp3) is 0.353. The first-order valence-corrected chi connectivity index (χ1v) is 8.66. The molecule has 126 valence electrons. The minimum Gasteiger partial charge on any atom is -0.480 e. The molecule has 1 amide bonds. The Labute approximate surface area is 149 Å². The van der Waals surface area contributed by atoms with Crippen molar-refractivity contribution in [2.24, 2.45) is 0 Å². The topological polar surface area (TPSA) is 58.6 Å². The van der Waals surface area contributed by atoms with Gasteiger partial charge >= 0.3 is 0 Å². The minimum atomic E-state index is -0.525. The fourth-order valence-corrected chi connectivity index (χ4v) is 3.00. The zero-order valence-corrected chi connectivity index (χ0v) is 15.0. The van der Waals surface area contributed by atoms with Crippen LogP contribution in [-0.2, 0) is 4.79 Å². The molecular weight excluding hydrogens is 372 g/mol. The first-order valence-electron chi connectivity index (χ1n) is 7.87. The smallest absolute Gasteiger partial charge is 0.263 e. The Morgan fingerprint density at radius 3 is 2.46 bits per heavy atom. The third-order valence-corrected chi connectivity index (χ3v) is 4.57. The summed E-state index contributed by atoms with van der Waals surface area (Å²) in [5, 5.41) is 0. The van der Waals surface area contributed by atoms with E-state index in [4.69, 9.17) is 4.74 Å². The lowest BCUT2D eigenvalue weighted by Crippen LogP contribution is -2.52. The molecule has 0 unspecified atom stereocenters. The summed E-state index contributed by atoms with van der Waals surface area (Å²) in [6, 6.07) is 9.33. The molecule has 1 aromatic heterocycles. The number of benzene rings is 1. The number of aromatic nitrogens is 2. The molecule has 0 N–H and O–H groups in total. The average Bonchev–Trinajstić information content (AvgIpc) is 2.64. The SMILES string of the molecule is C[C@H](Oc1ccccc1Br)C(=O)N1CCN(c2ncccn2)CC1. The lowest BCUT2D eigenvalue weighted by molar-refractivity contribution is -0.138. The molecule has 0 bridgehead atoms. The van der Waals surface area contributed by atoms with Gasteiger partial charge in [-0.25, -0.2) is 9.97 Å². The summed E-state index contributed by atoms with van der Waals surface area (Å²) >= 11 is 3.43. The van der Waals surface area contributed by atoms with Crippen molar-refractivity contribution in [1.29, 1.82) is 0 Å². The second-order valence-corrected chi connectivity index (χ2v) is 6.41. The van der Waals surface area contributed by atoms with Gasteiger partial charge in [-0.2, -0.15) is 0 Å². The number of hydrogen-bond donors (Lipinski definition) is 0. The second-order valence-electron chi connectivity index (χ2n) is 5.55. The van der Waals surface area contributed by atoms with E-state index < -0.39 is 6.10 Å². The highest BCUT2D eigenvalue weighted by Gasteiger charge is 2.27. The van der Waals surface area contributed by atoms with E-state index in [0.717, 1.165) is 17.6 Å². The van der Waals surface area contributed by atoms with Crippen molar-refractivity contribution < 1.29 is 9.53 Å². The second kappa shape index (κ2) is 7.61. The number of nitrogens with zero attached hydrogens (tertiary/aromatic N) is 4. The number of halogens is 1. The highest BCUT2D eigenvalue weighted by Crippen LogP contribution is 2.25. The number of ether oxygens (including phenoxy) is 1. The Morgan fingerprint density at radius 1 is 1.12 bits per heavy atom. The molecule has 1 atom stereocenters. The van der Waals surface area contributed by atoms with Gasteiger partial charge in [-0.1, -0.05) is 12.1 Å². The summed E-state index contributed by atoms with van der Waals surface area (Å²) in [5.74, 6) is 1.39. The summed E-state index contributed by atoms with van der Waals surface area (Å²) in [4.78, 5) is 25.0. The Morgan fingerprint density at radius 2 is 1.79 bits per heavy atom. The van der Waals surface area contributed by atoms with Gasteiger partial charge in [0, 0.05) is 38.6 Å². The number of hydrogen-bond acceptors (Lipinski definition) is 5. The summed E-state index contributed by atoms with van der Waals surface area (Å²) in [6.45, 7) is 4.50. The molecule has 1 fully saturated rings. The molecule has 0 spiro atoms. The molecule has 1 aliphatic rings. The molecule has 2 heterocycles. The fourth-order valence-electron chi connectivity index (χ4n) is 2.62. The number of carbonyl (C=O) groups is 1. The van der Waals surface area contributed by atoms with E-state index in [-0.39, 0.29) is 5.91 Å². The Bertz CT molecular complexity index is 690. The average molecular weight is 391 g/mol. The molecule has 1 saturated heterocycles. The zero-order chi connectivity index (χ0) is 16.9. The van der Waals surface area contributed by atoms with Crippen LogP contribution in [0.15, 0.2) is 47.2 Å². The van der Waals surface area contributed by atoms with E-state index in [1.54, 1.807) is 25.4 Å². The lowest BCUT2D eigenvalue weighted by Gasteiger charge is -2.35. The van der Waals surface area contributed by atoms with Crippen molar-refractivity contribution in [2.75, 3.05) is 31.1 Å². The molecule has 0 radical (unpaired) electrons. The van der Waals surface area contributed by atoms with Gasteiger partial charge in [-0.3, -0.25) is 4.79 Å². The Balaban J connectivity index is 1.56. The van der Waals surface area contributed by atoms with E-state index >= 15 is 0 Å². The molecule has 1 aliphatic heterocycles. The highest BCUT2D eigenvalue weighted by molar-refractivity contribution is 9.10. The predicted octanol–water partition coefficient (Wildman–Crippen LogP) is 2.36. The third kappa shape index (κ3) is 3.84. The number of para-hydroxylation sites is 1. The molecule has 3 rings (SSSR count). The van der Waals surface area contributed by atoms with Crippen molar-refractivity contribution >= 4 is 27.8 Å². The molecule has 1 aromatic carbocycles. The zero-order valence-electron chi connectivity index (χ0n) is 13.4. The van der Waals surface area contributed by atoms with E-state index in [0.29, 0.717) is 24.8 Å². The molecule has 6 nitrogen and oxygen atoms in total. The van der Waals surface area contributed by atoms with Gasteiger partial charge in [0.2, 0.25) is 5.95 Å². The van der Waals surface area contributed by atoms with Crippen LogP contribution >= 0.6 is 15.9 Å². The van der Waals surface area contributed by atoms with Crippen LogP contribution in [0.5, 0.6) is 5.75 Å². The molecular formula is C17H19BrN4O2. The Hall–Kier alpha value is -2.15. The number of carbonyl (C=O) groups excluding carboxylic acids is 1. The van der Waals surface area contributed by atoms with E-state index in [1.165, 1.54) is 0 Å². The molecule has 7 heteroatoms. The Kier molecular flexibility index (Phi) is 5.30. The third-order valence-electron chi connectivity index (χ3n) is 3.91. The van der Waals surface area contributed by atoms with Gasteiger partial charge in [0.1, 0.15) is 5.75 Å². The molecule has 0 aliphatic carbocycles. The molecule has 24 heavy (non-hydrogen) atoms. The van der Waals surface area contributed by atoms with Crippen molar-refractivity contribution in [3.63, 3.8) is 0 Å². The van der Waals surface area contributed by atoms with Crippen LogP contribution in [0.2, 0.25) is 0 Å². The van der Waals surface area contributed by atoms with Crippen LogP contribution in [0.1, 0.15) is 6.92 Å². The van der Waals surface area contributed by atoms with Crippen molar-refractivity contribution in [3.05, 3.63) is 47.2 Å². The standard InChI is InChI=1S/C17H19BrN4O2/c1-13(24-15-6-3-2-5-14(15)18)16(23)21-9-11-22(12-10-21)17-19-7-4-8-20-17/h2-8,13H,9-12H2,1H3/t13-/m0/s1. The maximum atomic E-state index is 12.6. The van der Waals surface area contributed by atoms with Crippen LogP contribution < -0.4 is 9.64 Å². The quantitative estimate of drug-likeness (QED) is 0.801.